The second-order valence-corrected chi connectivity index (χ2v) is 6.61. The summed E-state index contributed by atoms with van der Waals surface area (Å²) in [6.07, 6.45) is 7.29. The summed E-state index contributed by atoms with van der Waals surface area (Å²) < 4.78 is 11.5. The Kier molecular flexibility index (Phi) is 5.00. The van der Waals surface area contributed by atoms with Crippen LogP contribution in [0.3, 0.4) is 0 Å². The normalized spacial score (nSPS) is 26.4. The zero-order chi connectivity index (χ0) is 16.2. The minimum atomic E-state index is -0.167. The van der Waals surface area contributed by atoms with Crippen LogP contribution in [-0.4, -0.2) is 66.3 Å². The maximum absolute atomic E-state index is 12.3. The first-order valence-corrected chi connectivity index (χ1v) is 8.30. The molecule has 3 heterocycles. The molecule has 1 amide bonds. The Balaban J connectivity index is 1.53. The van der Waals surface area contributed by atoms with Gasteiger partial charge in [-0.3, -0.25) is 4.98 Å². The van der Waals surface area contributed by atoms with Crippen molar-refractivity contribution in [2.45, 2.75) is 43.9 Å². The summed E-state index contributed by atoms with van der Waals surface area (Å²) in [5, 5.41) is 0. The van der Waals surface area contributed by atoms with Crippen molar-refractivity contribution in [2.75, 3.05) is 27.2 Å². The lowest BCUT2D eigenvalue weighted by atomic mass is 10.0. The highest BCUT2D eigenvalue weighted by Crippen LogP contribution is 2.37. The number of piperidine rings is 1. The number of carbonyl (C=O) groups excluding carboxylic acids is 1. The SMILES string of the molecule is CN(C)CCOC(=O)N1C2CCC1CC(Oc1cccnc1)C2. The highest BCUT2D eigenvalue weighted by molar-refractivity contribution is 5.69. The molecule has 1 aromatic heterocycles. The Morgan fingerprint density at radius 2 is 2.09 bits per heavy atom. The molecule has 2 unspecified atom stereocenters. The lowest BCUT2D eigenvalue weighted by Gasteiger charge is -2.38. The molecule has 1 aromatic rings. The highest BCUT2D eigenvalue weighted by Gasteiger charge is 2.44. The Morgan fingerprint density at radius 1 is 1.35 bits per heavy atom. The number of aromatic nitrogens is 1. The molecule has 0 radical (unpaired) electrons. The fraction of sp³-hybridized carbons (Fsp3) is 0.647. The molecule has 6 nitrogen and oxygen atoms in total. The third-order valence-corrected chi connectivity index (χ3v) is 4.60. The molecule has 2 aliphatic rings. The van der Waals surface area contributed by atoms with E-state index in [1.54, 1.807) is 12.4 Å². The van der Waals surface area contributed by atoms with Gasteiger partial charge in [-0.05, 0) is 39.1 Å². The number of pyridine rings is 1. The van der Waals surface area contributed by atoms with Crippen LogP contribution >= 0.6 is 0 Å². The molecule has 0 aliphatic carbocycles. The summed E-state index contributed by atoms with van der Waals surface area (Å²) in [6.45, 7) is 1.19. The van der Waals surface area contributed by atoms with E-state index in [9.17, 15) is 4.79 Å². The Labute approximate surface area is 137 Å². The van der Waals surface area contributed by atoms with Crippen LogP contribution < -0.4 is 4.74 Å². The van der Waals surface area contributed by atoms with E-state index in [2.05, 4.69) is 4.98 Å². The quantitative estimate of drug-likeness (QED) is 0.832. The Morgan fingerprint density at radius 3 is 2.70 bits per heavy atom. The molecule has 23 heavy (non-hydrogen) atoms. The second kappa shape index (κ2) is 7.17. The van der Waals surface area contributed by atoms with Gasteiger partial charge in [-0.2, -0.15) is 0 Å². The van der Waals surface area contributed by atoms with Gasteiger partial charge in [0, 0.05) is 37.7 Å². The number of amides is 1. The van der Waals surface area contributed by atoms with Crippen molar-refractivity contribution in [3.8, 4) is 5.75 Å². The van der Waals surface area contributed by atoms with Crippen LogP contribution in [0.15, 0.2) is 24.5 Å². The predicted molar refractivity (Wildman–Crippen MR) is 86.4 cm³/mol. The third-order valence-electron chi connectivity index (χ3n) is 4.60. The number of rotatable bonds is 5. The number of nitrogens with zero attached hydrogens (tertiary/aromatic N) is 3. The molecule has 126 valence electrons. The Bertz CT molecular complexity index is 509. The van der Waals surface area contributed by atoms with Gasteiger partial charge in [-0.25, -0.2) is 4.79 Å². The van der Waals surface area contributed by atoms with Gasteiger partial charge in [0.1, 0.15) is 18.5 Å². The van der Waals surface area contributed by atoms with Crippen LogP contribution in [0.4, 0.5) is 4.79 Å². The minimum Gasteiger partial charge on any atom is -0.489 e. The molecule has 0 aromatic carbocycles. The molecule has 2 aliphatic heterocycles. The van der Waals surface area contributed by atoms with Crippen LogP contribution in [0, 0.1) is 0 Å². The van der Waals surface area contributed by atoms with E-state index in [0.29, 0.717) is 6.61 Å². The first kappa shape index (κ1) is 16.1. The monoisotopic (exact) mass is 319 g/mol. The number of hydrogen-bond acceptors (Lipinski definition) is 5. The van der Waals surface area contributed by atoms with Gasteiger partial charge in [-0.1, -0.05) is 0 Å². The fourth-order valence-electron chi connectivity index (χ4n) is 3.52. The van der Waals surface area contributed by atoms with E-state index in [4.69, 9.17) is 9.47 Å². The van der Waals surface area contributed by atoms with Gasteiger partial charge in [0.2, 0.25) is 0 Å². The lowest BCUT2D eigenvalue weighted by molar-refractivity contribution is 0.0314. The van der Waals surface area contributed by atoms with E-state index in [1.807, 2.05) is 36.0 Å². The molecule has 6 heteroatoms. The van der Waals surface area contributed by atoms with Gasteiger partial charge in [0.05, 0.1) is 6.20 Å². The van der Waals surface area contributed by atoms with E-state index < -0.39 is 0 Å². The number of ether oxygens (including phenoxy) is 2. The van der Waals surface area contributed by atoms with E-state index in [-0.39, 0.29) is 24.3 Å². The zero-order valence-electron chi connectivity index (χ0n) is 13.9. The molecule has 2 atom stereocenters. The zero-order valence-corrected chi connectivity index (χ0v) is 13.9. The van der Waals surface area contributed by atoms with Crippen LogP contribution in [-0.2, 0) is 4.74 Å². The summed E-state index contributed by atoms with van der Waals surface area (Å²) in [4.78, 5) is 20.4. The van der Waals surface area contributed by atoms with Crippen molar-refractivity contribution < 1.29 is 14.3 Å². The smallest absolute Gasteiger partial charge is 0.410 e. The summed E-state index contributed by atoms with van der Waals surface area (Å²) in [6, 6.07) is 4.28. The topological polar surface area (TPSA) is 54.9 Å². The molecule has 3 rings (SSSR count). The van der Waals surface area contributed by atoms with E-state index in [1.165, 1.54) is 0 Å². The standard InChI is InChI=1S/C17H25N3O3/c1-19(2)8-9-22-17(21)20-13-5-6-14(20)11-16(10-13)23-15-4-3-7-18-12-15/h3-4,7,12-14,16H,5-6,8-11H2,1-2H3. The number of likely N-dealkylation sites (N-methyl/N-ethyl adjacent to an activating group) is 1. The van der Waals surface area contributed by atoms with E-state index >= 15 is 0 Å². The largest absolute Gasteiger partial charge is 0.489 e. The van der Waals surface area contributed by atoms with Crippen LogP contribution in [0.2, 0.25) is 0 Å². The summed E-state index contributed by atoms with van der Waals surface area (Å²) in [5.74, 6) is 0.805. The molecule has 0 saturated carbocycles. The van der Waals surface area contributed by atoms with Crippen LogP contribution in [0.5, 0.6) is 5.75 Å². The molecule has 2 fully saturated rings. The molecular weight excluding hydrogens is 294 g/mol. The summed E-state index contributed by atoms with van der Waals surface area (Å²) in [7, 11) is 3.94. The van der Waals surface area contributed by atoms with Crippen LogP contribution in [0.25, 0.3) is 0 Å². The van der Waals surface area contributed by atoms with Crippen molar-refractivity contribution in [1.82, 2.24) is 14.8 Å². The fourth-order valence-corrected chi connectivity index (χ4v) is 3.52. The summed E-state index contributed by atoms with van der Waals surface area (Å²) in [5.41, 5.74) is 0. The first-order valence-electron chi connectivity index (χ1n) is 8.30. The molecular formula is C17H25N3O3. The first-order chi connectivity index (χ1) is 11.1. The Hall–Kier alpha value is -1.82. The van der Waals surface area contributed by atoms with Gasteiger partial charge in [0.25, 0.3) is 0 Å². The average Bonchev–Trinajstić information content (AvgIpc) is 2.79. The lowest BCUT2D eigenvalue weighted by Crippen LogP contribution is -2.49. The van der Waals surface area contributed by atoms with Crippen LogP contribution in [0.1, 0.15) is 25.7 Å². The van der Waals surface area contributed by atoms with Crippen molar-refractivity contribution in [3.63, 3.8) is 0 Å². The maximum Gasteiger partial charge on any atom is 0.410 e. The number of carbonyl (C=O) groups is 1. The second-order valence-electron chi connectivity index (χ2n) is 6.61. The van der Waals surface area contributed by atoms with Gasteiger partial charge in [0.15, 0.2) is 0 Å². The van der Waals surface area contributed by atoms with Gasteiger partial charge < -0.3 is 19.3 Å². The van der Waals surface area contributed by atoms with Gasteiger partial charge in [-0.15, -0.1) is 0 Å². The predicted octanol–water partition coefficient (Wildman–Crippen LogP) is 2.15. The summed E-state index contributed by atoms with van der Waals surface area (Å²) >= 11 is 0. The average molecular weight is 319 g/mol. The molecule has 0 spiro atoms. The number of hydrogen-bond donors (Lipinski definition) is 0. The highest BCUT2D eigenvalue weighted by atomic mass is 16.6. The van der Waals surface area contributed by atoms with Crippen molar-refractivity contribution in [3.05, 3.63) is 24.5 Å². The third kappa shape index (κ3) is 3.93. The van der Waals surface area contributed by atoms with E-state index in [0.717, 1.165) is 38.0 Å². The van der Waals surface area contributed by atoms with Gasteiger partial charge >= 0.3 is 6.09 Å². The molecule has 2 bridgehead atoms. The minimum absolute atomic E-state index is 0.155. The maximum atomic E-state index is 12.3. The number of fused-ring (bicyclic) bond motifs is 2. The van der Waals surface area contributed by atoms with Crippen molar-refractivity contribution >= 4 is 6.09 Å². The molecule has 0 N–H and O–H groups in total. The van der Waals surface area contributed by atoms with Crippen molar-refractivity contribution in [2.24, 2.45) is 0 Å². The molecule has 2 saturated heterocycles. The van der Waals surface area contributed by atoms with Crippen molar-refractivity contribution in [1.29, 1.82) is 0 Å².